The number of rotatable bonds is 8. The van der Waals surface area contributed by atoms with Gasteiger partial charge in [-0.15, -0.1) is 0 Å². The first-order chi connectivity index (χ1) is 10.8. The molecule has 126 valence electrons. The van der Waals surface area contributed by atoms with Crippen molar-refractivity contribution in [3.8, 4) is 0 Å². The Morgan fingerprint density at radius 2 is 1.83 bits per heavy atom. The number of aliphatic hydroxyl groups is 1. The number of hydrogen-bond acceptors (Lipinski definition) is 5. The van der Waals surface area contributed by atoms with Gasteiger partial charge in [0.25, 0.3) is 0 Å². The molecule has 0 fully saturated rings. The van der Waals surface area contributed by atoms with E-state index >= 15 is 0 Å². The van der Waals surface area contributed by atoms with Gasteiger partial charge in [0.1, 0.15) is 6.04 Å². The van der Waals surface area contributed by atoms with Gasteiger partial charge >= 0.3 is 0 Å². The minimum absolute atomic E-state index is 0.136. The molecule has 1 aromatic carbocycles. The molecule has 0 spiro atoms. The highest BCUT2D eigenvalue weighted by molar-refractivity contribution is 5.88. The number of anilines is 1. The maximum absolute atomic E-state index is 11.7. The molecule has 0 radical (unpaired) electrons. The monoisotopic (exact) mass is 322 g/mol. The molecule has 0 saturated heterocycles. The van der Waals surface area contributed by atoms with Crippen LogP contribution in [0.25, 0.3) is 0 Å². The molecule has 0 unspecified atom stereocenters. The third-order valence-corrected chi connectivity index (χ3v) is 3.04. The molecule has 0 aromatic heterocycles. The van der Waals surface area contributed by atoms with Crippen molar-refractivity contribution in [1.82, 2.24) is 10.6 Å². The molecule has 0 aliphatic heterocycles. The molecule has 2 atom stereocenters. The van der Waals surface area contributed by atoms with Crippen LogP contribution in [-0.2, 0) is 20.9 Å². The number of carbonyl (C=O) groups excluding carboxylic acids is 3. The molecule has 8 nitrogen and oxygen atoms in total. The predicted molar refractivity (Wildman–Crippen MR) is 85.3 cm³/mol. The first-order valence-corrected chi connectivity index (χ1v) is 7.13. The van der Waals surface area contributed by atoms with Gasteiger partial charge in [-0.1, -0.05) is 12.1 Å². The van der Waals surface area contributed by atoms with Crippen LogP contribution in [0.4, 0.5) is 5.69 Å². The van der Waals surface area contributed by atoms with Crippen molar-refractivity contribution in [3.63, 3.8) is 0 Å². The van der Waals surface area contributed by atoms with Gasteiger partial charge in [0.2, 0.25) is 17.7 Å². The number of carbonyl (C=O) groups is 3. The topological polar surface area (TPSA) is 134 Å². The van der Waals surface area contributed by atoms with Crippen LogP contribution in [0.3, 0.4) is 0 Å². The second-order valence-corrected chi connectivity index (χ2v) is 5.16. The van der Waals surface area contributed by atoms with E-state index in [0.29, 0.717) is 12.2 Å². The summed E-state index contributed by atoms with van der Waals surface area (Å²) in [5.74, 6) is -1.21. The lowest BCUT2D eigenvalue weighted by Gasteiger charge is -2.17. The zero-order valence-electron chi connectivity index (χ0n) is 13.1. The average Bonchev–Trinajstić information content (AvgIpc) is 2.45. The molecular weight excluding hydrogens is 300 g/mol. The van der Waals surface area contributed by atoms with E-state index in [1.807, 2.05) is 0 Å². The van der Waals surface area contributed by atoms with Crippen molar-refractivity contribution in [2.24, 2.45) is 5.73 Å². The fourth-order valence-corrected chi connectivity index (χ4v) is 1.88. The van der Waals surface area contributed by atoms with Gasteiger partial charge in [0, 0.05) is 19.2 Å². The van der Waals surface area contributed by atoms with Crippen LogP contribution >= 0.6 is 0 Å². The minimum atomic E-state index is -0.985. The number of amides is 3. The first kappa shape index (κ1) is 18.6. The number of aliphatic hydroxyl groups excluding tert-OH is 1. The Kier molecular flexibility index (Phi) is 7.17. The van der Waals surface area contributed by atoms with Gasteiger partial charge in [0.05, 0.1) is 12.6 Å². The Morgan fingerprint density at radius 3 is 2.30 bits per heavy atom. The average molecular weight is 322 g/mol. The summed E-state index contributed by atoms with van der Waals surface area (Å²) in [6, 6.07) is 6.05. The number of primary amides is 1. The van der Waals surface area contributed by atoms with Crippen LogP contribution in [0.2, 0.25) is 0 Å². The summed E-state index contributed by atoms with van der Waals surface area (Å²) in [5.41, 5.74) is 6.65. The van der Waals surface area contributed by atoms with Crippen LogP contribution in [-0.4, -0.2) is 41.5 Å². The van der Waals surface area contributed by atoms with Gasteiger partial charge in [-0.2, -0.15) is 0 Å². The van der Waals surface area contributed by atoms with Crippen LogP contribution in [0.1, 0.15) is 19.4 Å². The number of nitrogens with two attached hydrogens (primary N) is 1. The predicted octanol–water partition coefficient (Wildman–Crippen LogP) is -0.914. The molecule has 1 rings (SSSR count). The summed E-state index contributed by atoms with van der Waals surface area (Å²) < 4.78 is 0. The normalized spacial score (nSPS) is 13.0. The molecule has 8 heteroatoms. The van der Waals surface area contributed by atoms with Gasteiger partial charge in [0.15, 0.2) is 0 Å². The summed E-state index contributed by atoms with van der Waals surface area (Å²) >= 11 is 0. The summed E-state index contributed by atoms with van der Waals surface area (Å²) in [5, 5.41) is 17.3. The quantitative estimate of drug-likeness (QED) is 0.422. The molecule has 23 heavy (non-hydrogen) atoms. The molecule has 6 N–H and O–H groups in total. The SMILES string of the molecule is CC(=O)Nc1ccc(CNC(=O)CN[C@H](C(N)=O)[C@@H](C)O)cc1. The highest BCUT2D eigenvalue weighted by atomic mass is 16.3. The lowest BCUT2D eigenvalue weighted by molar-refractivity contribution is -0.123. The van der Waals surface area contributed by atoms with Crippen molar-refractivity contribution >= 4 is 23.4 Å². The van der Waals surface area contributed by atoms with E-state index in [4.69, 9.17) is 5.73 Å². The molecule has 0 aliphatic carbocycles. The fraction of sp³-hybridized carbons (Fsp3) is 0.400. The zero-order valence-corrected chi connectivity index (χ0v) is 13.1. The standard InChI is InChI=1S/C15H22N4O4/c1-9(20)14(15(16)23)18-8-13(22)17-7-11-3-5-12(6-4-11)19-10(2)21/h3-6,9,14,18,20H,7-8H2,1-2H3,(H2,16,23)(H,17,22)(H,19,21)/t9-,14+/m1/s1. The van der Waals surface area contributed by atoms with Crippen LogP contribution < -0.4 is 21.7 Å². The zero-order chi connectivity index (χ0) is 17.4. The van der Waals surface area contributed by atoms with E-state index in [9.17, 15) is 19.5 Å². The highest BCUT2D eigenvalue weighted by Gasteiger charge is 2.21. The first-order valence-electron chi connectivity index (χ1n) is 7.13. The van der Waals surface area contributed by atoms with E-state index in [1.165, 1.54) is 13.8 Å². The highest BCUT2D eigenvalue weighted by Crippen LogP contribution is 2.09. The molecule has 0 aliphatic rings. The Hall–Kier alpha value is -2.45. The maximum atomic E-state index is 11.7. The minimum Gasteiger partial charge on any atom is -0.391 e. The van der Waals surface area contributed by atoms with E-state index in [0.717, 1.165) is 5.56 Å². The van der Waals surface area contributed by atoms with E-state index in [2.05, 4.69) is 16.0 Å². The van der Waals surface area contributed by atoms with Gasteiger partial charge < -0.3 is 21.5 Å². The van der Waals surface area contributed by atoms with Crippen molar-refractivity contribution in [1.29, 1.82) is 0 Å². The summed E-state index contributed by atoms with van der Waals surface area (Å²) in [4.78, 5) is 33.7. The number of benzene rings is 1. The van der Waals surface area contributed by atoms with Gasteiger partial charge in [-0.25, -0.2) is 0 Å². The second kappa shape index (κ2) is 8.86. The van der Waals surface area contributed by atoms with Crippen molar-refractivity contribution in [2.45, 2.75) is 32.5 Å². The smallest absolute Gasteiger partial charge is 0.237 e. The summed E-state index contributed by atoms with van der Waals surface area (Å²) in [7, 11) is 0. The molecule has 0 heterocycles. The van der Waals surface area contributed by atoms with Crippen molar-refractivity contribution in [3.05, 3.63) is 29.8 Å². The van der Waals surface area contributed by atoms with E-state index < -0.39 is 18.1 Å². The summed E-state index contributed by atoms with van der Waals surface area (Å²) in [6.07, 6.45) is -0.985. The van der Waals surface area contributed by atoms with Crippen molar-refractivity contribution in [2.75, 3.05) is 11.9 Å². The Balaban J connectivity index is 2.41. The largest absolute Gasteiger partial charge is 0.391 e. The maximum Gasteiger partial charge on any atom is 0.237 e. The number of nitrogens with one attached hydrogen (secondary N) is 3. The lowest BCUT2D eigenvalue weighted by atomic mass is 10.1. The third-order valence-electron chi connectivity index (χ3n) is 3.04. The Labute approximate surface area is 134 Å². The Morgan fingerprint density at radius 1 is 1.22 bits per heavy atom. The van der Waals surface area contributed by atoms with Crippen molar-refractivity contribution < 1.29 is 19.5 Å². The van der Waals surface area contributed by atoms with Gasteiger partial charge in [-0.3, -0.25) is 19.7 Å². The molecule has 0 saturated carbocycles. The lowest BCUT2D eigenvalue weighted by Crippen LogP contribution is -2.51. The number of hydrogen-bond donors (Lipinski definition) is 5. The van der Waals surface area contributed by atoms with Crippen LogP contribution in [0.5, 0.6) is 0 Å². The van der Waals surface area contributed by atoms with Gasteiger partial charge in [-0.05, 0) is 24.6 Å². The van der Waals surface area contributed by atoms with E-state index in [-0.39, 0.29) is 18.4 Å². The molecule has 0 bridgehead atoms. The third kappa shape index (κ3) is 6.90. The molecular formula is C15H22N4O4. The molecule has 3 amide bonds. The second-order valence-electron chi connectivity index (χ2n) is 5.16. The summed E-state index contributed by atoms with van der Waals surface area (Å²) in [6.45, 7) is 3.00. The van der Waals surface area contributed by atoms with E-state index in [1.54, 1.807) is 24.3 Å². The Bertz CT molecular complexity index is 557. The fourth-order valence-electron chi connectivity index (χ4n) is 1.88. The molecule has 1 aromatic rings. The van der Waals surface area contributed by atoms with Crippen LogP contribution in [0.15, 0.2) is 24.3 Å². The van der Waals surface area contributed by atoms with Crippen LogP contribution in [0, 0.1) is 0 Å².